The zero-order valence-electron chi connectivity index (χ0n) is 11.0. The van der Waals surface area contributed by atoms with Crippen LogP contribution < -0.4 is 5.73 Å². The summed E-state index contributed by atoms with van der Waals surface area (Å²) < 4.78 is 5.04. The Morgan fingerprint density at radius 1 is 1.44 bits per heavy atom. The smallest absolute Gasteiger partial charge is 0.225 e. The molecule has 0 fully saturated rings. The molecule has 0 saturated carbocycles. The number of nitrogens with zero attached hydrogens (tertiary/aromatic N) is 1. The highest BCUT2D eigenvalue weighted by molar-refractivity contribution is 5.78. The van der Waals surface area contributed by atoms with Gasteiger partial charge in [-0.05, 0) is 26.3 Å². The molecule has 0 aliphatic rings. The van der Waals surface area contributed by atoms with Crippen LogP contribution in [0.3, 0.4) is 0 Å². The number of carbonyl (C=O) groups excluding carboxylic acids is 1. The zero-order valence-corrected chi connectivity index (χ0v) is 11.0. The van der Waals surface area contributed by atoms with Crippen molar-refractivity contribution in [3.05, 3.63) is 0 Å². The van der Waals surface area contributed by atoms with Crippen molar-refractivity contribution in [3.8, 4) is 0 Å². The molecule has 0 aliphatic carbocycles. The van der Waals surface area contributed by atoms with Gasteiger partial charge in [0.1, 0.15) is 0 Å². The Hall–Kier alpha value is -0.610. The van der Waals surface area contributed by atoms with Crippen LogP contribution >= 0.6 is 0 Å². The molecule has 0 heterocycles. The zero-order chi connectivity index (χ0) is 12.6. The van der Waals surface area contributed by atoms with E-state index in [2.05, 4.69) is 13.8 Å². The second kappa shape index (κ2) is 8.53. The van der Waals surface area contributed by atoms with E-state index < -0.39 is 0 Å². The van der Waals surface area contributed by atoms with E-state index in [4.69, 9.17) is 10.5 Å². The molecule has 0 saturated heterocycles. The van der Waals surface area contributed by atoms with Crippen LogP contribution in [0.2, 0.25) is 0 Å². The third-order valence-corrected chi connectivity index (χ3v) is 2.96. The van der Waals surface area contributed by atoms with Crippen molar-refractivity contribution in [2.45, 2.75) is 39.7 Å². The molecular formula is C12H26N2O2. The fraction of sp³-hybridized carbons (Fsp3) is 0.917. The first-order valence-corrected chi connectivity index (χ1v) is 6.07. The highest BCUT2D eigenvalue weighted by atomic mass is 16.5. The number of hydrogen-bond acceptors (Lipinski definition) is 3. The number of nitrogens with two attached hydrogens (primary N) is 1. The predicted molar refractivity (Wildman–Crippen MR) is 66.2 cm³/mol. The average Bonchev–Trinajstić information content (AvgIpc) is 2.29. The van der Waals surface area contributed by atoms with E-state index in [1.807, 2.05) is 11.8 Å². The topological polar surface area (TPSA) is 55.6 Å². The van der Waals surface area contributed by atoms with Gasteiger partial charge in [0.15, 0.2) is 0 Å². The Labute approximate surface area is 99.1 Å². The lowest BCUT2D eigenvalue weighted by Gasteiger charge is -2.30. The number of amides is 1. The highest BCUT2D eigenvalue weighted by Gasteiger charge is 2.22. The van der Waals surface area contributed by atoms with E-state index in [9.17, 15) is 4.79 Å². The monoisotopic (exact) mass is 230 g/mol. The molecular weight excluding hydrogens is 204 g/mol. The highest BCUT2D eigenvalue weighted by Crippen LogP contribution is 2.11. The van der Waals surface area contributed by atoms with E-state index >= 15 is 0 Å². The first-order chi connectivity index (χ1) is 7.58. The van der Waals surface area contributed by atoms with Crippen molar-refractivity contribution < 1.29 is 9.53 Å². The third-order valence-electron chi connectivity index (χ3n) is 2.96. The Bertz CT molecular complexity index is 197. The van der Waals surface area contributed by atoms with Gasteiger partial charge in [0.25, 0.3) is 0 Å². The van der Waals surface area contributed by atoms with Crippen molar-refractivity contribution in [1.29, 1.82) is 0 Å². The number of carbonyl (C=O) groups is 1. The number of ether oxygens (including phenoxy) is 1. The molecule has 0 aromatic rings. The van der Waals surface area contributed by atoms with Crippen LogP contribution in [0.1, 0.15) is 33.6 Å². The van der Waals surface area contributed by atoms with Crippen LogP contribution in [0.5, 0.6) is 0 Å². The van der Waals surface area contributed by atoms with Crippen LogP contribution in [0, 0.1) is 5.92 Å². The molecule has 0 aliphatic heterocycles. The molecule has 2 atom stereocenters. The van der Waals surface area contributed by atoms with Crippen LogP contribution in [0.15, 0.2) is 0 Å². The molecule has 2 N–H and O–H groups in total. The molecule has 0 spiro atoms. The molecule has 1 amide bonds. The summed E-state index contributed by atoms with van der Waals surface area (Å²) in [6, 6.07) is 0.267. The lowest BCUT2D eigenvalue weighted by molar-refractivity contribution is -0.138. The third kappa shape index (κ3) is 4.94. The van der Waals surface area contributed by atoms with E-state index in [1.165, 1.54) is 0 Å². The lowest BCUT2D eigenvalue weighted by atomic mass is 10.0. The Morgan fingerprint density at radius 2 is 2.06 bits per heavy atom. The lowest BCUT2D eigenvalue weighted by Crippen LogP contribution is -2.43. The molecule has 0 aromatic heterocycles. The second-order valence-corrected chi connectivity index (χ2v) is 4.26. The first-order valence-electron chi connectivity index (χ1n) is 6.07. The van der Waals surface area contributed by atoms with Crippen LogP contribution in [0.4, 0.5) is 0 Å². The van der Waals surface area contributed by atoms with Gasteiger partial charge >= 0.3 is 0 Å². The van der Waals surface area contributed by atoms with Gasteiger partial charge in [-0.2, -0.15) is 0 Å². The fourth-order valence-electron chi connectivity index (χ4n) is 1.61. The van der Waals surface area contributed by atoms with E-state index in [0.717, 1.165) is 12.8 Å². The van der Waals surface area contributed by atoms with Crippen molar-refractivity contribution in [1.82, 2.24) is 4.90 Å². The van der Waals surface area contributed by atoms with Gasteiger partial charge in [0.05, 0.1) is 6.61 Å². The van der Waals surface area contributed by atoms with Gasteiger partial charge < -0.3 is 15.4 Å². The summed E-state index contributed by atoms with van der Waals surface area (Å²) >= 11 is 0. The first kappa shape index (κ1) is 15.4. The number of rotatable bonds is 8. The quantitative estimate of drug-likeness (QED) is 0.682. The molecule has 0 aromatic carbocycles. The minimum Gasteiger partial charge on any atom is -0.383 e. The summed E-state index contributed by atoms with van der Waals surface area (Å²) in [6.07, 6.45) is 1.71. The minimum atomic E-state index is 0.0101. The molecule has 4 heteroatoms. The number of methoxy groups -OCH3 is 1. The van der Waals surface area contributed by atoms with E-state index in [1.54, 1.807) is 7.11 Å². The Kier molecular flexibility index (Phi) is 8.21. The van der Waals surface area contributed by atoms with E-state index in [0.29, 0.717) is 19.7 Å². The van der Waals surface area contributed by atoms with Gasteiger partial charge in [-0.25, -0.2) is 0 Å². The van der Waals surface area contributed by atoms with Crippen molar-refractivity contribution in [2.24, 2.45) is 11.7 Å². The average molecular weight is 230 g/mol. The second-order valence-electron chi connectivity index (χ2n) is 4.26. The molecule has 0 bridgehead atoms. The Morgan fingerprint density at radius 3 is 2.50 bits per heavy atom. The van der Waals surface area contributed by atoms with E-state index in [-0.39, 0.29) is 17.9 Å². The normalized spacial score (nSPS) is 14.6. The predicted octanol–water partition coefficient (Wildman–Crippen LogP) is 1.24. The summed E-state index contributed by atoms with van der Waals surface area (Å²) in [5.74, 6) is 0.202. The minimum absolute atomic E-state index is 0.0101. The summed E-state index contributed by atoms with van der Waals surface area (Å²) in [5.41, 5.74) is 5.48. The van der Waals surface area contributed by atoms with Gasteiger partial charge in [-0.15, -0.1) is 0 Å². The molecule has 0 radical (unpaired) electrons. The molecule has 0 rings (SSSR count). The fourth-order valence-corrected chi connectivity index (χ4v) is 1.61. The molecule has 4 nitrogen and oxygen atoms in total. The SMILES string of the molecule is CCC(C)N(CCOC)C(=O)C(C)CCN. The summed E-state index contributed by atoms with van der Waals surface area (Å²) in [6.45, 7) is 7.92. The van der Waals surface area contributed by atoms with Gasteiger partial charge in [0.2, 0.25) is 5.91 Å². The molecule has 96 valence electrons. The maximum atomic E-state index is 12.2. The van der Waals surface area contributed by atoms with Gasteiger partial charge in [-0.1, -0.05) is 13.8 Å². The molecule has 16 heavy (non-hydrogen) atoms. The van der Waals surface area contributed by atoms with Crippen molar-refractivity contribution >= 4 is 5.91 Å². The van der Waals surface area contributed by atoms with Crippen molar-refractivity contribution in [2.75, 3.05) is 26.8 Å². The van der Waals surface area contributed by atoms with Crippen molar-refractivity contribution in [3.63, 3.8) is 0 Å². The Balaban J connectivity index is 4.42. The van der Waals surface area contributed by atoms with Gasteiger partial charge in [-0.3, -0.25) is 4.79 Å². The largest absolute Gasteiger partial charge is 0.383 e. The van der Waals surface area contributed by atoms with Crippen LogP contribution in [-0.4, -0.2) is 43.7 Å². The maximum Gasteiger partial charge on any atom is 0.225 e. The molecule has 2 unspecified atom stereocenters. The summed E-state index contributed by atoms with van der Waals surface area (Å²) in [4.78, 5) is 14.1. The maximum absolute atomic E-state index is 12.2. The van der Waals surface area contributed by atoms with Gasteiger partial charge in [0, 0.05) is 25.6 Å². The summed E-state index contributed by atoms with van der Waals surface area (Å²) in [7, 11) is 1.66. The van der Waals surface area contributed by atoms with Crippen LogP contribution in [-0.2, 0) is 9.53 Å². The number of hydrogen-bond donors (Lipinski definition) is 1. The standard InChI is InChI=1S/C12H26N2O2/c1-5-11(3)14(8-9-16-4)12(15)10(2)6-7-13/h10-11H,5-9,13H2,1-4H3. The summed E-state index contributed by atoms with van der Waals surface area (Å²) in [5, 5.41) is 0. The van der Waals surface area contributed by atoms with Crippen LogP contribution in [0.25, 0.3) is 0 Å².